The minimum atomic E-state index is -0.616. The number of rotatable bonds is 6. The van der Waals surface area contributed by atoms with Crippen LogP contribution in [0.5, 0.6) is 0 Å². The van der Waals surface area contributed by atoms with Crippen molar-refractivity contribution in [2.45, 2.75) is 13.8 Å². The van der Waals surface area contributed by atoms with Crippen LogP contribution in [0.15, 0.2) is 41.3 Å². The Balaban J connectivity index is 1.48. The normalized spacial score (nSPS) is 17.3. The van der Waals surface area contributed by atoms with Gasteiger partial charge in [-0.3, -0.25) is 29.4 Å². The maximum Gasteiger partial charge on any atom is 0.294 e. The summed E-state index contributed by atoms with van der Waals surface area (Å²) >= 11 is 0.698. The monoisotopic (exact) mass is 496 g/mol. The number of nitro groups is 1. The highest BCUT2D eigenvalue weighted by Crippen LogP contribution is 2.35. The molecule has 1 N–H and O–H groups in total. The topological polar surface area (TPSA) is 122 Å². The van der Waals surface area contributed by atoms with E-state index >= 15 is 0 Å². The second-order valence-corrected chi connectivity index (χ2v) is 9.21. The Kier molecular flexibility index (Phi) is 7.17. The molecule has 3 amide bonds. The second-order valence-electron chi connectivity index (χ2n) is 8.22. The van der Waals surface area contributed by atoms with Gasteiger partial charge in [-0.05, 0) is 66.6 Å². The molecule has 11 heteroatoms. The minimum Gasteiger partial charge on any atom is -0.378 e. The van der Waals surface area contributed by atoms with Crippen molar-refractivity contribution >= 4 is 52.0 Å². The molecule has 2 aliphatic rings. The minimum absolute atomic E-state index is 0.0901. The molecular formula is C24H24N4O6S. The van der Waals surface area contributed by atoms with Crippen LogP contribution in [0.4, 0.5) is 21.9 Å². The fourth-order valence-corrected chi connectivity index (χ4v) is 4.64. The summed E-state index contributed by atoms with van der Waals surface area (Å²) in [6, 6.07) is 10.1. The van der Waals surface area contributed by atoms with E-state index in [9.17, 15) is 24.5 Å². The number of ether oxygens (including phenoxy) is 1. The molecule has 182 valence electrons. The largest absolute Gasteiger partial charge is 0.378 e. The van der Waals surface area contributed by atoms with Gasteiger partial charge in [0.15, 0.2) is 0 Å². The summed E-state index contributed by atoms with van der Waals surface area (Å²) < 4.78 is 5.31. The number of hydrogen-bond donors (Lipinski definition) is 1. The number of nitrogens with zero attached hydrogens (tertiary/aromatic N) is 3. The number of hydrogen-bond acceptors (Lipinski definition) is 8. The molecule has 0 saturated carbocycles. The van der Waals surface area contributed by atoms with Crippen LogP contribution >= 0.6 is 11.8 Å². The lowest BCUT2D eigenvalue weighted by atomic mass is 10.1. The first-order valence-electron chi connectivity index (χ1n) is 11.0. The number of anilines is 2. The van der Waals surface area contributed by atoms with Gasteiger partial charge in [0.2, 0.25) is 5.91 Å². The molecule has 0 bridgehead atoms. The van der Waals surface area contributed by atoms with Crippen molar-refractivity contribution in [2.75, 3.05) is 43.1 Å². The lowest BCUT2D eigenvalue weighted by Gasteiger charge is -2.28. The summed E-state index contributed by atoms with van der Waals surface area (Å²) in [5.41, 5.74) is 3.47. The van der Waals surface area contributed by atoms with Gasteiger partial charge >= 0.3 is 0 Å². The van der Waals surface area contributed by atoms with Crippen molar-refractivity contribution in [1.82, 2.24) is 4.90 Å². The first-order valence-corrected chi connectivity index (χ1v) is 11.8. The van der Waals surface area contributed by atoms with E-state index in [1.54, 1.807) is 18.2 Å². The average molecular weight is 497 g/mol. The van der Waals surface area contributed by atoms with E-state index in [4.69, 9.17) is 4.74 Å². The third-order valence-electron chi connectivity index (χ3n) is 5.81. The summed E-state index contributed by atoms with van der Waals surface area (Å²) in [6.07, 6.45) is 1.43. The Bertz CT molecular complexity index is 1240. The zero-order chi connectivity index (χ0) is 25.1. The maximum atomic E-state index is 12.8. The van der Waals surface area contributed by atoms with Gasteiger partial charge in [0.1, 0.15) is 12.2 Å². The summed E-state index contributed by atoms with van der Waals surface area (Å²) in [4.78, 5) is 51.8. The van der Waals surface area contributed by atoms with Gasteiger partial charge < -0.3 is 15.0 Å². The van der Waals surface area contributed by atoms with Crippen molar-refractivity contribution in [2.24, 2.45) is 0 Å². The highest BCUT2D eigenvalue weighted by Gasteiger charge is 2.36. The van der Waals surface area contributed by atoms with Crippen molar-refractivity contribution in [1.29, 1.82) is 0 Å². The van der Waals surface area contributed by atoms with Gasteiger partial charge in [0.25, 0.3) is 16.8 Å². The molecule has 35 heavy (non-hydrogen) atoms. The first kappa shape index (κ1) is 24.4. The summed E-state index contributed by atoms with van der Waals surface area (Å²) in [5, 5.41) is 13.8. The zero-order valence-electron chi connectivity index (χ0n) is 19.3. The summed E-state index contributed by atoms with van der Waals surface area (Å²) in [7, 11) is 0. The molecule has 0 atom stereocenters. The molecule has 2 aromatic rings. The number of thioether (sulfide) groups is 1. The molecule has 10 nitrogen and oxygen atoms in total. The van der Waals surface area contributed by atoms with E-state index in [-0.39, 0.29) is 10.6 Å². The predicted molar refractivity (Wildman–Crippen MR) is 133 cm³/mol. The number of aryl methyl sites for hydroxylation is 2. The molecule has 0 aromatic heterocycles. The Morgan fingerprint density at radius 2 is 1.89 bits per heavy atom. The van der Waals surface area contributed by atoms with Crippen LogP contribution < -0.4 is 10.2 Å². The van der Waals surface area contributed by atoms with Crippen molar-refractivity contribution in [3.05, 3.63) is 68.1 Å². The van der Waals surface area contributed by atoms with E-state index in [1.165, 1.54) is 12.1 Å². The van der Waals surface area contributed by atoms with E-state index < -0.39 is 28.5 Å². The lowest BCUT2D eigenvalue weighted by Crippen LogP contribution is -2.36. The third-order valence-corrected chi connectivity index (χ3v) is 6.72. The highest BCUT2D eigenvalue weighted by molar-refractivity contribution is 8.18. The van der Waals surface area contributed by atoms with Crippen LogP contribution in [0.3, 0.4) is 0 Å². The molecular weight excluding hydrogens is 472 g/mol. The van der Waals surface area contributed by atoms with Crippen LogP contribution in [0, 0.1) is 24.0 Å². The number of morpholine rings is 1. The van der Waals surface area contributed by atoms with E-state index in [2.05, 4.69) is 5.32 Å². The fraction of sp³-hybridized carbons (Fsp3) is 0.292. The molecule has 0 spiro atoms. The van der Waals surface area contributed by atoms with E-state index in [1.807, 2.05) is 30.9 Å². The molecule has 0 unspecified atom stereocenters. The molecule has 2 aromatic carbocycles. The molecule has 0 aliphatic carbocycles. The summed E-state index contributed by atoms with van der Waals surface area (Å²) in [5.74, 6) is -1.11. The van der Waals surface area contributed by atoms with Crippen LogP contribution in [0.2, 0.25) is 0 Å². The Labute approximate surface area is 206 Å². The van der Waals surface area contributed by atoms with E-state index in [0.717, 1.165) is 16.0 Å². The number of nitrogens with one attached hydrogen (secondary N) is 1. The number of amides is 3. The first-order chi connectivity index (χ1) is 16.7. The number of carbonyl (C=O) groups is 3. The van der Waals surface area contributed by atoms with E-state index in [0.29, 0.717) is 55.0 Å². The van der Waals surface area contributed by atoms with Crippen LogP contribution in [-0.2, 0) is 14.3 Å². The SMILES string of the molecule is Cc1ccc(NC(=O)CN2C(=O)S/C(=C\c3ccc(N4CCOCC4)c([N+](=O)[O-])c3)C2=O)cc1C. The van der Waals surface area contributed by atoms with Gasteiger partial charge in [-0.1, -0.05) is 12.1 Å². The standard InChI is InChI=1S/C24H24N4O6S/c1-15-3-5-18(11-16(15)2)25-22(29)14-27-23(30)21(35-24(27)31)13-17-4-6-19(20(12-17)28(32)33)26-7-9-34-10-8-26/h3-6,11-13H,7-10,14H2,1-2H3,(H,25,29)/b21-13-. The number of nitro benzene ring substituents is 1. The van der Waals surface area contributed by atoms with Crippen molar-refractivity contribution in [3.8, 4) is 0 Å². The van der Waals surface area contributed by atoms with Crippen LogP contribution in [-0.4, -0.2) is 59.7 Å². The Hall–Kier alpha value is -3.70. The number of imide groups is 1. The lowest BCUT2D eigenvalue weighted by molar-refractivity contribution is -0.384. The third kappa shape index (κ3) is 5.52. The number of carbonyl (C=O) groups excluding carboxylic acids is 3. The molecule has 4 rings (SSSR count). The molecule has 2 aliphatic heterocycles. The van der Waals surface area contributed by atoms with Crippen molar-refractivity contribution < 1.29 is 24.0 Å². The van der Waals surface area contributed by atoms with Gasteiger partial charge in [0, 0.05) is 24.8 Å². The predicted octanol–water partition coefficient (Wildman–Crippen LogP) is 3.72. The smallest absolute Gasteiger partial charge is 0.294 e. The Morgan fingerprint density at radius 1 is 1.14 bits per heavy atom. The van der Waals surface area contributed by atoms with Crippen LogP contribution in [0.1, 0.15) is 16.7 Å². The van der Waals surface area contributed by atoms with Gasteiger partial charge in [-0.25, -0.2) is 0 Å². The second kappa shape index (κ2) is 10.3. The molecule has 0 radical (unpaired) electrons. The Morgan fingerprint density at radius 3 is 2.57 bits per heavy atom. The van der Waals surface area contributed by atoms with Gasteiger partial charge in [0.05, 0.1) is 23.0 Å². The molecule has 2 saturated heterocycles. The highest BCUT2D eigenvalue weighted by atomic mass is 32.2. The van der Waals surface area contributed by atoms with Crippen molar-refractivity contribution in [3.63, 3.8) is 0 Å². The zero-order valence-corrected chi connectivity index (χ0v) is 20.1. The molecule has 2 fully saturated rings. The van der Waals surface area contributed by atoms with Gasteiger partial charge in [-0.15, -0.1) is 0 Å². The van der Waals surface area contributed by atoms with Crippen LogP contribution in [0.25, 0.3) is 6.08 Å². The maximum absolute atomic E-state index is 12.8. The quantitative estimate of drug-likeness (QED) is 0.365. The summed E-state index contributed by atoms with van der Waals surface area (Å²) in [6.45, 7) is 5.52. The van der Waals surface area contributed by atoms with Gasteiger partial charge in [-0.2, -0.15) is 0 Å². The number of benzene rings is 2. The molecule has 2 heterocycles. The average Bonchev–Trinajstić information content (AvgIpc) is 3.09. The fourth-order valence-electron chi connectivity index (χ4n) is 3.80.